The first-order valence-corrected chi connectivity index (χ1v) is 9.88. The Morgan fingerprint density at radius 3 is 1.59 bits per heavy atom. The zero-order valence-electron chi connectivity index (χ0n) is 14.4. The maximum Gasteiger partial charge on any atom is 1.00 e. The zero-order valence-corrected chi connectivity index (χ0v) is 20.2. The van der Waals surface area contributed by atoms with Crippen LogP contribution >= 0.6 is 15.2 Å². The van der Waals surface area contributed by atoms with Crippen molar-refractivity contribution in [3.05, 3.63) is 0 Å². The van der Waals surface area contributed by atoms with Gasteiger partial charge in [0, 0.05) is 12.6 Å². The van der Waals surface area contributed by atoms with Gasteiger partial charge in [-0.15, -0.1) is 0 Å². The molecule has 0 saturated carbocycles. The van der Waals surface area contributed by atoms with E-state index in [4.69, 9.17) is 0 Å². The first kappa shape index (κ1) is 29.0. The monoisotopic (exact) mass is 373 g/mol. The Hall–Kier alpha value is 2.26. The third-order valence-corrected chi connectivity index (χ3v) is 4.14. The topological polar surface area (TPSA) is 130 Å². The molecule has 0 aromatic carbocycles. The SMILES string of the molecule is CC(CCN(CP(=O)([O-])[O-])CP(=O)([O-])[O-])CC(C)(C)C.[Na+].[Na+]. The fraction of sp³-hybridized carbons (Fsp3) is 1.00. The summed E-state index contributed by atoms with van der Waals surface area (Å²) in [6, 6.07) is 0. The molecule has 7 nitrogen and oxygen atoms in total. The van der Waals surface area contributed by atoms with Crippen LogP contribution in [0, 0.1) is 11.3 Å². The molecule has 0 aromatic heterocycles. The van der Waals surface area contributed by atoms with Gasteiger partial charge in [-0.3, -0.25) is 4.90 Å². The molecule has 11 heteroatoms. The van der Waals surface area contributed by atoms with Gasteiger partial charge in [-0.25, -0.2) is 0 Å². The molecule has 0 aliphatic carbocycles. The fourth-order valence-corrected chi connectivity index (χ4v) is 3.85. The number of nitrogens with zero attached hydrogens (tertiary/aromatic N) is 1. The molecule has 122 valence electrons. The van der Waals surface area contributed by atoms with Gasteiger partial charge >= 0.3 is 59.1 Å². The largest absolute Gasteiger partial charge is 1.00 e. The Kier molecular flexibility index (Phi) is 15.6. The van der Waals surface area contributed by atoms with E-state index in [1.807, 2.05) is 6.92 Å². The van der Waals surface area contributed by atoms with E-state index in [9.17, 15) is 28.7 Å². The van der Waals surface area contributed by atoms with Crippen molar-refractivity contribution in [2.75, 3.05) is 19.1 Å². The van der Waals surface area contributed by atoms with Crippen LogP contribution in [0.15, 0.2) is 0 Å². The predicted molar refractivity (Wildman–Crippen MR) is 69.5 cm³/mol. The van der Waals surface area contributed by atoms with Crippen LogP contribution in [0.1, 0.15) is 40.5 Å². The molecule has 0 radical (unpaired) electrons. The third-order valence-electron chi connectivity index (χ3n) is 2.65. The van der Waals surface area contributed by atoms with Gasteiger partial charge in [0.1, 0.15) is 0 Å². The molecule has 0 rings (SSSR count). The van der Waals surface area contributed by atoms with Crippen molar-refractivity contribution in [3.63, 3.8) is 0 Å². The molecule has 0 spiro atoms. The third kappa shape index (κ3) is 20.3. The van der Waals surface area contributed by atoms with Crippen LogP contribution in [0.3, 0.4) is 0 Å². The van der Waals surface area contributed by atoms with Crippen molar-refractivity contribution in [1.82, 2.24) is 4.90 Å². The van der Waals surface area contributed by atoms with Crippen LogP contribution in [0.2, 0.25) is 0 Å². The predicted octanol–water partition coefficient (Wildman–Crippen LogP) is -6.50. The Labute approximate surface area is 177 Å². The smallest absolute Gasteiger partial charge is 0.810 e. The Morgan fingerprint density at radius 2 is 1.32 bits per heavy atom. The maximum absolute atomic E-state index is 10.7. The molecule has 0 N–H and O–H groups in total. The van der Waals surface area contributed by atoms with Gasteiger partial charge in [0.25, 0.3) is 0 Å². The average Bonchev–Trinajstić information content (AvgIpc) is 2.06. The van der Waals surface area contributed by atoms with Gasteiger partial charge in [0.2, 0.25) is 0 Å². The maximum atomic E-state index is 10.7. The molecule has 0 amide bonds. The summed E-state index contributed by atoms with van der Waals surface area (Å²) in [5, 5.41) is 0. The van der Waals surface area contributed by atoms with E-state index in [-0.39, 0.29) is 77.0 Å². The van der Waals surface area contributed by atoms with Crippen LogP contribution in [-0.2, 0) is 9.13 Å². The van der Waals surface area contributed by atoms with Gasteiger partial charge in [-0.2, -0.15) is 0 Å². The second-order valence-electron chi connectivity index (χ2n) is 6.56. The molecule has 22 heavy (non-hydrogen) atoms. The molecule has 0 heterocycles. The van der Waals surface area contributed by atoms with Crippen LogP contribution in [-0.4, -0.2) is 24.0 Å². The van der Waals surface area contributed by atoms with Gasteiger partial charge in [0.05, 0.1) is 0 Å². The summed E-state index contributed by atoms with van der Waals surface area (Å²) in [6.45, 7) is 8.25. The minimum Gasteiger partial charge on any atom is -0.810 e. The molecule has 0 aliphatic heterocycles. The summed E-state index contributed by atoms with van der Waals surface area (Å²) < 4.78 is 21.5. The van der Waals surface area contributed by atoms with E-state index in [1.54, 1.807) is 0 Å². The molecular weight excluding hydrogens is 350 g/mol. The van der Waals surface area contributed by atoms with Crippen molar-refractivity contribution in [3.8, 4) is 0 Å². The molecule has 0 fully saturated rings. The summed E-state index contributed by atoms with van der Waals surface area (Å²) in [4.78, 5) is 43.9. The number of hydrogen-bond acceptors (Lipinski definition) is 7. The number of hydrogen-bond donors (Lipinski definition) is 0. The molecule has 0 aromatic rings. The second kappa shape index (κ2) is 11.8. The van der Waals surface area contributed by atoms with E-state index in [0.717, 1.165) is 11.3 Å². The minimum absolute atomic E-state index is 0. The summed E-state index contributed by atoms with van der Waals surface area (Å²) in [5.74, 6) is 0.230. The van der Waals surface area contributed by atoms with E-state index in [0.29, 0.717) is 6.42 Å². The number of rotatable bonds is 8. The van der Waals surface area contributed by atoms with Crippen LogP contribution < -0.4 is 78.7 Å². The van der Waals surface area contributed by atoms with E-state index < -0.39 is 27.8 Å². The van der Waals surface area contributed by atoms with Gasteiger partial charge in [-0.1, -0.05) is 42.9 Å². The van der Waals surface area contributed by atoms with E-state index in [1.165, 1.54) is 0 Å². The van der Waals surface area contributed by atoms with Crippen molar-refractivity contribution >= 4 is 15.2 Å². The summed E-state index contributed by atoms with van der Waals surface area (Å²) in [5.41, 5.74) is 0.100. The Bertz CT molecular complexity index is 369. The first-order chi connectivity index (χ1) is 8.68. The summed E-state index contributed by atoms with van der Waals surface area (Å²) in [7, 11) is -9.76. The molecule has 0 saturated heterocycles. The van der Waals surface area contributed by atoms with Gasteiger partial charge in [0.15, 0.2) is 0 Å². The quantitative estimate of drug-likeness (QED) is 0.306. The van der Waals surface area contributed by atoms with Crippen LogP contribution in [0.4, 0.5) is 0 Å². The zero-order chi connectivity index (χ0) is 16.2. The second-order valence-corrected chi connectivity index (χ2v) is 9.57. The normalized spacial score (nSPS) is 14.2. The minimum atomic E-state index is -4.88. The molecular formula is C11H23NNa2O6P2-2. The van der Waals surface area contributed by atoms with Gasteiger partial charge in [-0.05, 0) is 30.7 Å². The standard InChI is InChI=1S/C11H27NO6P2.2Na/c1-10(7-11(2,3)4)5-6-12(8-19(13,14)15)9-20(16,17)18;;/h10H,5-9H2,1-4H3,(H2,13,14,15)(H2,16,17,18);;/q;2*+1/p-4. The van der Waals surface area contributed by atoms with Crippen molar-refractivity contribution in [2.24, 2.45) is 11.3 Å². The first-order valence-electron chi connectivity index (χ1n) is 6.42. The van der Waals surface area contributed by atoms with Crippen molar-refractivity contribution in [1.29, 1.82) is 0 Å². The van der Waals surface area contributed by atoms with Crippen LogP contribution in [0.5, 0.6) is 0 Å². The van der Waals surface area contributed by atoms with Gasteiger partial charge < -0.3 is 28.7 Å². The van der Waals surface area contributed by atoms with Crippen molar-refractivity contribution < 1.29 is 87.8 Å². The fourth-order valence-electron chi connectivity index (χ4n) is 2.23. The molecule has 0 bridgehead atoms. The molecule has 1 unspecified atom stereocenters. The van der Waals surface area contributed by atoms with Crippen molar-refractivity contribution in [2.45, 2.75) is 40.5 Å². The molecule has 0 aliphatic rings. The van der Waals surface area contributed by atoms with Crippen LogP contribution in [0.25, 0.3) is 0 Å². The average molecular weight is 373 g/mol. The summed E-state index contributed by atoms with van der Waals surface area (Å²) >= 11 is 0. The van der Waals surface area contributed by atoms with E-state index >= 15 is 0 Å². The summed E-state index contributed by atoms with van der Waals surface area (Å²) in [6.07, 6.45) is -0.454. The van der Waals surface area contributed by atoms with E-state index in [2.05, 4.69) is 20.8 Å². The Balaban J connectivity index is -0.00000180. The molecule has 1 atom stereocenters. The Morgan fingerprint density at radius 1 is 0.955 bits per heavy atom.